The summed E-state index contributed by atoms with van der Waals surface area (Å²) in [6.45, 7) is 4.16. The largest absolute Gasteiger partial charge is 0.325 e. The van der Waals surface area contributed by atoms with Crippen LogP contribution in [0.4, 0.5) is 5.69 Å². The first-order valence-electron chi connectivity index (χ1n) is 6.44. The fraction of sp³-hybridized carbons (Fsp3) is 0.176. The summed E-state index contributed by atoms with van der Waals surface area (Å²) in [5.74, 6) is -0.287. The van der Waals surface area contributed by atoms with Gasteiger partial charge in [0.05, 0.1) is 6.07 Å². The van der Waals surface area contributed by atoms with Crippen molar-refractivity contribution in [2.24, 2.45) is 0 Å². The summed E-state index contributed by atoms with van der Waals surface area (Å²) >= 11 is 0. The maximum absolute atomic E-state index is 11.4. The fourth-order valence-corrected chi connectivity index (χ4v) is 1.97. The zero-order chi connectivity index (χ0) is 14.5. The molecule has 0 radical (unpaired) electrons. The molecule has 2 aromatic carbocycles. The van der Waals surface area contributed by atoms with Crippen LogP contribution in [0, 0.1) is 25.2 Å². The minimum Gasteiger partial charge on any atom is -0.325 e. The number of carbonyl (C=O) groups excluding carboxylic acids is 1. The van der Waals surface area contributed by atoms with E-state index in [0.29, 0.717) is 5.69 Å². The molecule has 2 aromatic rings. The highest BCUT2D eigenvalue weighted by Gasteiger charge is 2.04. The standard InChI is InChI=1S/C17H16N2O/c1-12-6-7-15(10-13(12)2)14-4-3-5-16(11-14)19-17(20)8-9-18/h3-7,10-11H,8H2,1-2H3,(H,19,20). The molecule has 1 N–H and O–H groups in total. The van der Waals surface area contributed by atoms with Crippen molar-refractivity contribution in [3.63, 3.8) is 0 Å². The lowest BCUT2D eigenvalue weighted by molar-refractivity contribution is -0.115. The normalized spacial score (nSPS) is 9.85. The van der Waals surface area contributed by atoms with Crippen molar-refractivity contribution in [1.29, 1.82) is 5.26 Å². The van der Waals surface area contributed by atoms with Crippen LogP contribution < -0.4 is 5.32 Å². The van der Waals surface area contributed by atoms with E-state index in [0.717, 1.165) is 11.1 Å². The second-order valence-electron chi connectivity index (χ2n) is 4.76. The van der Waals surface area contributed by atoms with Crippen LogP contribution in [0.3, 0.4) is 0 Å². The quantitative estimate of drug-likeness (QED) is 0.916. The summed E-state index contributed by atoms with van der Waals surface area (Å²) in [6, 6.07) is 15.8. The number of benzene rings is 2. The Morgan fingerprint density at radius 2 is 1.85 bits per heavy atom. The van der Waals surface area contributed by atoms with Crippen LogP contribution in [0.15, 0.2) is 42.5 Å². The van der Waals surface area contributed by atoms with E-state index < -0.39 is 0 Å². The lowest BCUT2D eigenvalue weighted by Crippen LogP contribution is -2.09. The molecule has 0 atom stereocenters. The van der Waals surface area contributed by atoms with Crippen molar-refractivity contribution in [3.05, 3.63) is 53.6 Å². The highest BCUT2D eigenvalue weighted by Crippen LogP contribution is 2.24. The maximum atomic E-state index is 11.4. The lowest BCUT2D eigenvalue weighted by atomic mass is 10.0. The average molecular weight is 264 g/mol. The molecule has 0 bridgehead atoms. The number of nitriles is 1. The van der Waals surface area contributed by atoms with Crippen LogP contribution >= 0.6 is 0 Å². The van der Waals surface area contributed by atoms with Crippen molar-refractivity contribution in [2.45, 2.75) is 20.3 Å². The fourth-order valence-electron chi connectivity index (χ4n) is 1.97. The van der Waals surface area contributed by atoms with E-state index >= 15 is 0 Å². The summed E-state index contributed by atoms with van der Waals surface area (Å²) < 4.78 is 0. The number of amides is 1. The van der Waals surface area contributed by atoms with Gasteiger partial charge in [-0.1, -0.05) is 30.3 Å². The third-order valence-corrected chi connectivity index (χ3v) is 3.23. The Kier molecular flexibility index (Phi) is 4.17. The zero-order valence-electron chi connectivity index (χ0n) is 11.6. The van der Waals surface area contributed by atoms with Crippen molar-refractivity contribution < 1.29 is 4.79 Å². The molecule has 100 valence electrons. The highest BCUT2D eigenvalue weighted by molar-refractivity contribution is 5.92. The van der Waals surface area contributed by atoms with E-state index in [-0.39, 0.29) is 12.3 Å². The van der Waals surface area contributed by atoms with Gasteiger partial charge in [0.15, 0.2) is 0 Å². The first kappa shape index (κ1) is 13.8. The van der Waals surface area contributed by atoms with Crippen molar-refractivity contribution in [1.82, 2.24) is 0 Å². The lowest BCUT2D eigenvalue weighted by Gasteiger charge is -2.08. The molecule has 1 amide bonds. The predicted molar refractivity (Wildman–Crippen MR) is 80.2 cm³/mol. The molecule has 0 saturated carbocycles. The van der Waals surface area contributed by atoms with E-state index in [2.05, 4.69) is 37.4 Å². The summed E-state index contributed by atoms with van der Waals surface area (Å²) in [4.78, 5) is 11.4. The molecule has 2 rings (SSSR count). The predicted octanol–water partition coefficient (Wildman–Crippen LogP) is 3.82. The molecule has 0 aliphatic rings. The number of nitrogens with one attached hydrogen (secondary N) is 1. The molecule has 0 aromatic heterocycles. The minimum atomic E-state index is -0.287. The third kappa shape index (κ3) is 3.24. The van der Waals surface area contributed by atoms with Gasteiger partial charge in [-0.2, -0.15) is 5.26 Å². The molecule has 3 heteroatoms. The molecule has 0 aliphatic heterocycles. The average Bonchev–Trinajstić information content (AvgIpc) is 2.42. The van der Waals surface area contributed by atoms with E-state index in [1.807, 2.05) is 30.3 Å². The number of nitrogens with zero attached hydrogens (tertiary/aromatic N) is 1. The second kappa shape index (κ2) is 6.03. The van der Waals surface area contributed by atoms with Crippen LogP contribution in [0.5, 0.6) is 0 Å². The second-order valence-corrected chi connectivity index (χ2v) is 4.76. The van der Waals surface area contributed by atoms with Gasteiger partial charge in [0.2, 0.25) is 5.91 Å². The summed E-state index contributed by atoms with van der Waals surface area (Å²) in [5.41, 5.74) is 5.36. The van der Waals surface area contributed by atoms with E-state index in [1.165, 1.54) is 11.1 Å². The monoisotopic (exact) mass is 264 g/mol. The molecular formula is C17H16N2O. The van der Waals surface area contributed by atoms with E-state index in [9.17, 15) is 4.79 Å². The Morgan fingerprint density at radius 3 is 2.55 bits per heavy atom. The zero-order valence-corrected chi connectivity index (χ0v) is 11.6. The molecule has 0 aliphatic carbocycles. The van der Waals surface area contributed by atoms with Gasteiger partial charge in [0.25, 0.3) is 0 Å². The smallest absolute Gasteiger partial charge is 0.238 e. The summed E-state index contributed by atoms with van der Waals surface area (Å²) in [5, 5.41) is 11.2. The molecular weight excluding hydrogens is 248 g/mol. The molecule has 0 fully saturated rings. The molecule has 0 heterocycles. The number of aryl methyl sites for hydroxylation is 2. The van der Waals surface area contributed by atoms with Crippen molar-refractivity contribution in [2.75, 3.05) is 5.32 Å². The van der Waals surface area contributed by atoms with Crippen molar-refractivity contribution in [3.8, 4) is 17.2 Å². The van der Waals surface area contributed by atoms with Crippen LogP contribution in [0.1, 0.15) is 17.5 Å². The molecule has 0 saturated heterocycles. The van der Waals surface area contributed by atoms with Crippen LogP contribution in [0.2, 0.25) is 0 Å². The Bertz CT molecular complexity index is 684. The van der Waals surface area contributed by atoms with Crippen LogP contribution in [0.25, 0.3) is 11.1 Å². The molecule has 0 unspecified atom stereocenters. The van der Waals surface area contributed by atoms with Crippen molar-refractivity contribution >= 4 is 11.6 Å². The maximum Gasteiger partial charge on any atom is 0.238 e. The third-order valence-electron chi connectivity index (χ3n) is 3.23. The van der Waals surface area contributed by atoms with Gasteiger partial charge in [0.1, 0.15) is 6.42 Å². The number of hydrogen-bond acceptors (Lipinski definition) is 2. The van der Waals surface area contributed by atoms with Gasteiger partial charge in [-0.3, -0.25) is 4.79 Å². The number of rotatable bonds is 3. The minimum absolute atomic E-state index is 0.131. The highest BCUT2D eigenvalue weighted by atomic mass is 16.1. The molecule has 3 nitrogen and oxygen atoms in total. The Labute approximate surface area is 118 Å². The molecule has 0 spiro atoms. The van der Waals surface area contributed by atoms with Gasteiger partial charge in [0, 0.05) is 5.69 Å². The molecule has 20 heavy (non-hydrogen) atoms. The Morgan fingerprint density at radius 1 is 1.10 bits per heavy atom. The van der Waals surface area contributed by atoms with Gasteiger partial charge < -0.3 is 5.32 Å². The van der Waals surface area contributed by atoms with Gasteiger partial charge >= 0.3 is 0 Å². The summed E-state index contributed by atoms with van der Waals surface area (Å²) in [7, 11) is 0. The topological polar surface area (TPSA) is 52.9 Å². The number of hydrogen-bond donors (Lipinski definition) is 1. The summed E-state index contributed by atoms with van der Waals surface area (Å²) in [6.07, 6.45) is -0.131. The SMILES string of the molecule is Cc1ccc(-c2cccc(NC(=O)CC#N)c2)cc1C. The van der Waals surface area contributed by atoms with Crippen LogP contribution in [-0.4, -0.2) is 5.91 Å². The van der Waals surface area contributed by atoms with Gasteiger partial charge in [-0.15, -0.1) is 0 Å². The van der Waals surface area contributed by atoms with Gasteiger partial charge in [-0.25, -0.2) is 0 Å². The van der Waals surface area contributed by atoms with Gasteiger partial charge in [-0.05, 0) is 48.2 Å². The van der Waals surface area contributed by atoms with Crippen LogP contribution in [-0.2, 0) is 4.79 Å². The van der Waals surface area contributed by atoms with E-state index in [1.54, 1.807) is 0 Å². The number of carbonyl (C=O) groups is 1. The first-order chi connectivity index (χ1) is 9.60. The Balaban J connectivity index is 2.27. The number of anilines is 1. The van der Waals surface area contributed by atoms with E-state index in [4.69, 9.17) is 5.26 Å². The Hall–Kier alpha value is -2.60. The first-order valence-corrected chi connectivity index (χ1v) is 6.44.